The van der Waals surface area contributed by atoms with Crippen molar-refractivity contribution in [3.63, 3.8) is 0 Å². The Kier molecular flexibility index (Phi) is 5.56. The van der Waals surface area contributed by atoms with Crippen molar-refractivity contribution in [3.05, 3.63) is 60.3 Å². The number of piperidine rings is 1. The number of nitrogens with one attached hydrogen (secondary N) is 1. The first-order valence-electron chi connectivity index (χ1n) is 10.3. The zero-order valence-electron chi connectivity index (χ0n) is 16.9. The van der Waals surface area contributed by atoms with Crippen LogP contribution < -0.4 is 10.2 Å². The normalized spacial score (nSPS) is 26.3. The fourth-order valence-electron chi connectivity index (χ4n) is 4.61. The lowest BCUT2D eigenvalue weighted by atomic mass is 9.73. The Labute approximate surface area is 171 Å². The Morgan fingerprint density at radius 2 is 1.90 bits per heavy atom. The minimum Gasteiger partial charge on any atom is -0.388 e. The highest BCUT2D eigenvalue weighted by Crippen LogP contribution is 2.40. The van der Waals surface area contributed by atoms with E-state index in [-0.39, 0.29) is 5.91 Å². The van der Waals surface area contributed by atoms with E-state index in [0.29, 0.717) is 32.3 Å². The van der Waals surface area contributed by atoms with Crippen LogP contribution in [0.1, 0.15) is 31.7 Å². The molecule has 1 amide bonds. The second-order valence-corrected chi connectivity index (χ2v) is 8.37. The number of pyridine rings is 1. The average molecular weight is 396 g/mol. The number of ether oxygens (including phenoxy) is 1. The van der Waals surface area contributed by atoms with E-state index in [1.807, 2.05) is 55.5 Å². The minimum absolute atomic E-state index is 0.0688. The highest BCUT2D eigenvalue weighted by atomic mass is 16.5. The summed E-state index contributed by atoms with van der Waals surface area (Å²) in [6, 6.07) is 15.6. The molecule has 0 aliphatic carbocycles. The van der Waals surface area contributed by atoms with E-state index in [1.165, 1.54) is 0 Å². The molecule has 0 bridgehead atoms. The molecule has 2 aliphatic rings. The number of hydrogen-bond acceptors (Lipinski definition) is 5. The molecule has 2 atom stereocenters. The SMILES string of the molecule is C[C@]1(NC(=O)Cc2ccccc2)CCOC2(CCN(c3ccccn3)CC2)[C@@H]1O. The van der Waals surface area contributed by atoms with E-state index in [0.717, 1.165) is 24.5 Å². The number of aromatic nitrogens is 1. The molecule has 0 saturated carbocycles. The van der Waals surface area contributed by atoms with Crippen LogP contribution in [0.5, 0.6) is 0 Å². The molecule has 2 N–H and O–H groups in total. The van der Waals surface area contributed by atoms with Crippen molar-refractivity contribution in [1.29, 1.82) is 0 Å². The van der Waals surface area contributed by atoms with E-state index in [4.69, 9.17) is 4.74 Å². The second-order valence-electron chi connectivity index (χ2n) is 8.37. The Bertz CT molecular complexity index is 822. The number of hydrogen-bond donors (Lipinski definition) is 2. The van der Waals surface area contributed by atoms with Gasteiger partial charge >= 0.3 is 0 Å². The summed E-state index contributed by atoms with van der Waals surface area (Å²) in [5.74, 6) is 0.882. The number of carbonyl (C=O) groups is 1. The van der Waals surface area contributed by atoms with Crippen molar-refractivity contribution >= 4 is 11.7 Å². The van der Waals surface area contributed by atoms with Gasteiger partial charge in [0.2, 0.25) is 5.91 Å². The Balaban J connectivity index is 1.42. The average Bonchev–Trinajstić information content (AvgIpc) is 2.74. The van der Waals surface area contributed by atoms with Crippen LogP contribution in [0.25, 0.3) is 0 Å². The summed E-state index contributed by atoms with van der Waals surface area (Å²) in [6.07, 6.45) is 3.36. The van der Waals surface area contributed by atoms with Crippen molar-refractivity contribution in [2.24, 2.45) is 0 Å². The second kappa shape index (κ2) is 8.13. The zero-order chi connectivity index (χ0) is 20.3. The van der Waals surface area contributed by atoms with Gasteiger partial charge in [0.1, 0.15) is 11.9 Å². The quantitative estimate of drug-likeness (QED) is 0.831. The third-order valence-corrected chi connectivity index (χ3v) is 6.33. The van der Waals surface area contributed by atoms with Crippen LogP contribution in [0.4, 0.5) is 5.82 Å². The van der Waals surface area contributed by atoms with Gasteiger partial charge in [-0.25, -0.2) is 4.98 Å². The van der Waals surface area contributed by atoms with Crippen LogP contribution in [0.3, 0.4) is 0 Å². The number of amides is 1. The summed E-state index contributed by atoms with van der Waals surface area (Å²) in [5.41, 5.74) is -0.358. The number of aliphatic hydroxyl groups is 1. The summed E-state index contributed by atoms with van der Waals surface area (Å²) in [7, 11) is 0. The van der Waals surface area contributed by atoms with Crippen molar-refractivity contribution < 1.29 is 14.6 Å². The molecule has 154 valence electrons. The van der Waals surface area contributed by atoms with Crippen LogP contribution in [0.2, 0.25) is 0 Å². The van der Waals surface area contributed by atoms with Gasteiger partial charge in [0.25, 0.3) is 0 Å². The van der Waals surface area contributed by atoms with E-state index in [9.17, 15) is 9.90 Å². The maximum atomic E-state index is 12.7. The van der Waals surface area contributed by atoms with E-state index < -0.39 is 17.2 Å². The van der Waals surface area contributed by atoms with Gasteiger partial charge in [-0.2, -0.15) is 0 Å². The lowest BCUT2D eigenvalue weighted by Gasteiger charge is -2.53. The van der Waals surface area contributed by atoms with Crippen LogP contribution in [0, 0.1) is 0 Å². The molecule has 2 saturated heterocycles. The third-order valence-electron chi connectivity index (χ3n) is 6.33. The highest BCUT2D eigenvalue weighted by Gasteiger charge is 2.53. The number of benzene rings is 1. The highest BCUT2D eigenvalue weighted by molar-refractivity contribution is 5.79. The molecule has 2 aromatic rings. The first kappa shape index (κ1) is 19.9. The number of carbonyl (C=O) groups excluding carboxylic acids is 1. The Hall–Kier alpha value is -2.44. The zero-order valence-corrected chi connectivity index (χ0v) is 16.9. The fourth-order valence-corrected chi connectivity index (χ4v) is 4.61. The summed E-state index contributed by atoms with van der Waals surface area (Å²) >= 11 is 0. The maximum absolute atomic E-state index is 12.7. The largest absolute Gasteiger partial charge is 0.388 e. The van der Waals surface area contributed by atoms with E-state index in [2.05, 4.69) is 15.2 Å². The number of nitrogens with zero attached hydrogens (tertiary/aromatic N) is 2. The molecule has 2 aliphatic heterocycles. The Morgan fingerprint density at radius 3 is 2.59 bits per heavy atom. The van der Waals surface area contributed by atoms with Gasteiger partial charge in [0.15, 0.2) is 0 Å². The third kappa shape index (κ3) is 4.14. The van der Waals surface area contributed by atoms with Crippen molar-refractivity contribution in [3.8, 4) is 0 Å². The molecule has 4 rings (SSSR count). The van der Waals surface area contributed by atoms with Crippen molar-refractivity contribution in [2.75, 3.05) is 24.6 Å². The summed E-state index contributed by atoms with van der Waals surface area (Å²) in [4.78, 5) is 19.3. The minimum atomic E-state index is -0.755. The van der Waals surface area contributed by atoms with Crippen molar-refractivity contribution in [2.45, 2.75) is 49.9 Å². The van der Waals surface area contributed by atoms with Gasteiger partial charge in [-0.3, -0.25) is 4.79 Å². The summed E-state index contributed by atoms with van der Waals surface area (Å²) in [6.45, 7) is 4.00. The van der Waals surface area contributed by atoms with Gasteiger partial charge < -0.3 is 20.1 Å². The molecule has 6 heteroatoms. The molecular weight excluding hydrogens is 366 g/mol. The molecule has 1 aromatic heterocycles. The molecule has 2 fully saturated rings. The predicted octanol–water partition coefficient (Wildman–Crippen LogP) is 2.32. The lowest BCUT2D eigenvalue weighted by Crippen LogP contribution is -2.69. The van der Waals surface area contributed by atoms with E-state index in [1.54, 1.807) is 6.20 Å². The standard InChI is InChI=1S/C23H29N3O3/c1-22(25-20(27)17-18-7-3-2-4-8-18)12-16-29-23(21(22)28)10-14-26(15-11-23)19-9-5-6-13-24-19/h2-9,13,21,28H,10-12,14-17H2,1H3,(H,25,27)/t21-,22+/m1/s1. The van der Waals surface area contributed by atoms with Gasteiger partial charge in [0.05, 0.1) is 17.6 Å². The van der Waals surface area contributed by atoms with Gasteiger partial charge in [0, 0.05) is 25.9 Å². The first-order valence-corrected chi connectivity index (χ1v) is 10.3. The number of rotatable bonds is 4. The predicted molar refractivity (Wildman–Crippen MR) is 112 cm³/mol. The molecule has 3 heterocycles. The lowest BCUT2D eigenvalue weighted by molar-refractivity contribution is -0.198. The molecule has 1 aromatic carbocycles. The van der Waals surface area contributed by atoms with Crippen LogP contribution in [0.15, 0.2) is 54.7 Å². The number of aliphatic hydroxyl groups excluding tert-OH is 1. The topological polar surface area (TPSA) is 74.7 Å². The van der Waals surface area contributed by atoms with Crippen LogP contribution in [-0.4, -0.2) is 52.9 Å². The van der Waals surface area contributed by atoms with E-state index >= 15 is 0 Å². The Morgan fingerprint density at radius 1 is 1.17 bits per heavy atom. The summed E-state index contributed by atoms with van der Waals surface area (Å²) in [5, 5.41) is 14.4. The maximum Gasteiger partial charge on any atom is 0.224 e. The fraction of sp³-hybridized carbons (Fsp3) is 0.478. The molecule has 0 radical (unpaired) electrons. The van der Waals surface area contributed by atoms with Gasteiger partial charge in [-0.1, -0.05) is 36.4 Å². The molecule has 29 heavy (non-hydrogen) atoms. The number of anilines is 1. The van der Waals surface area contributed by atoms with Gasteiger partial charge in [-0.05, 0) is 43.9 Å². The first-order chi connectivity index (χ1) is 14.0. The summed E-state index contributed by atoms with van der Waals surface area (Å²) < 4.78 is 6.15. The smallest absolute Gasteiger partial charge is 0.224 e. The monoisotopic (exact) mass is 395 g/mol. The van der Waals surface area contributed by atoms with Gasteiger partial charge in [-0.15, -0.1) is 0 Å². The van der Waals surface area contributed by atoms with Crippen LogP contribution >= 0.6 is 0 Å². The molecule has 1 spiro atoms. The molecule has 0 unspecified atom stereocenters. The molecule has 6 nitrogen and oxygen atoms in total. The molecular formula is C23H29N3O3. The van der Waals surface area contributed by atoms with Crippen LogP contribution in [-0.2, 0) is 16.0 Å². The van der Waals surface area contributed by atoms with Crippen molar-refractivity contribution in [1.82, 2.24) is 10.3 Å².